The van der Waals surface area contributed by atoms with E-state index in [2.05, 4.69) is 11.8 Å². The first-order valence-electron chi connectivity index (χ1n) is 7.33. The first kappa shape index (κ1) is 16.3. The van der Waals surface area contributed by atoms with Gasteiger partial charge in [-0.2, -0.15) is 0 Å². The summed E-state index contributed by atoms with van der Waals surface area (Å²) in [5, 5.41) is 0.607. The predicted octanol–water partition coefficient (Wildman–Crippen LogP) is 2.57. The van der Waals surface area contributed by atoms with Crippen molar-refractivity contribution in [2.75, 3.05) is 33.4 Å². The highest BCUT2D eigenvalue weighted by atomic mass is 35.5. The van der Waals surface area contributed by atoms with Gasteiger partial charge in [-0.3, -0.25) is 9.69 Å². The molecule has 1 aromatic rings. The van der Waals surface area contributed by atoms with Crippen LogP contribution >= 0.6 is 11.6 Å². The van der Waals surface area contributed by atoms with Crippen molar-refractivity contribution < 1.29 is 14.3 Å². The molecule has 1 atom stereocenters. The lowest BCUT2D eigenvalue weighted by Crippen LogP contribution is -2.46. The number of methoxy groups -OCH3 is 1. The first-order valence-corrected chi connectivity index (χ1v) is 7.71. The highest BCUT2D eigenvalue weighted by molar-refractivity contribution is 6.30. The number of hydrogen-bond donors (Lipinski definition) is 0. The van der Waals surface area contributed by atoms with Crippen molar-refractivity contribution >= 4 is 17.4 Å². The van der Waals surface area contributed by atoms with Crippen LogP contribution in [-0.4, -0.2) is 50.1 Å². The van der Waals surface area contributed by atoms with Gasteiger partial charge in [0.25, 0.3) is 0 Å². The number of ether oxygens (including phenoxy) is 2. The summed E-state index contributed by atoms with van der Waals surface area (Å²) >= 11 is 6.00. The number of nitrogens with zero attached hydrogens (tertiary/aromatic N) is 1. The molecule has 0 spiro atoms. The molecule has 0 amide bonds. The van der Waals surface area contributed by atoms with Crippen LogP contribution in [0.5, 0.6) is 5.75 Å². The fourth-order valence-electron chi connectivity index (χ4n) is 2.60. The summed E-state index contributed by atoms with van der Waals surface area (Å²) in [6.45, 7) is 5.34. The SMILES string of the molecule is CCCN1CCOC(C(=O)Cc2cc(Cl)ccc2OC)C1. The molecule has 1 fully saturated rings. The third-order valence-corrected chi connectivity index (χ3v) is 3.89. The van der Waals surface area contributed by atoms with Crippen LogP contribution in [0.3, 0.4) is 0 Å². The third kappa shape index (κ3) is 4.43. The van der Waals surface area contributed by atoms with E-state index in [4.69, 9.17) is 21.1 Å². The van der Waals surface area contributed by atoms with Crippen molar-refractivity contribution in [3.63, 3.8) is 0 Å². The summed E-state index contributed by atoms with van der Waals surface area (Å²) in [5.41, 5.74) is 0.811. The van der Waals surface area contributed by atoms with E-state index >= 15 is 0 Å². The molecule has 0 aliphatic carbocycles. The smallest absolute Gasteiger partial charge is 0.167 e. The fourth-order valence-corrected chi connectivity index (χ4v) is 2.80. The summed E-state index contributed by atoms with van der Waals surface area (Å²) in [6.07, 6.45) is 1.02. The van der Waals surface area contributed by atoms with E-state index in [1.807, 2.05) is 0 Å². The van der Waals surface area contributed by atoms with Gasteiger partial charge >= 0.3 is 0 Å². The van der Waals surface area contributed by atoms with Crippen molar-refractivity contribution in [1.82, 2.24) is 4.90 Å². The lowest BCUT2D eigenvalue weighted by atomic mass is 10.0. The molecule has 1 aliphatic heterocycles. The number of rotatable bonds is 6. The Balaban J connectivity index is 2.02. The zero-order valence-corrected chi connectivity index (χ0v) is 13.4. The number of carbonyl (C=O) groups excluding carboxylic acids is 1. The molecule has 4 nitrogen and oxygen atoms in total. The summed E-state index contributed by atoms with van der Waals surface area (Å²) in [6, 6.07) is 5.33. The van der Waals surface area contributed by atoms with E-state index in [0.29, 0.717) is 23.9 Å². The van der Waals surface area contributed by atoms with Crippen LogP contribution in [0.25, 0.3) is 0 Å². The predicted molar refractivity (Wildman–Crippen MR) is 83.2 cm³/mol. The van der Waals surface area contributed by atoms with Gasteiger partial charge in [0.2, 0.25) is 0 Å². The Bertz CT molecular complexity index is 490. The van der Waals surface area contributed by atoms with Crippen LogP contribution in [0, 0.1) is 0 Å². The number of morpholine rings is 1. The lowest BCUT2D eigenvalue weighted by Gasteiger charge is -2.31. The average molecular weight is 312 g/mol. The maximum Gasteiger partial charge on any atom is 0.167 e. The van der Waals surface area contributed by atoms with Crippen molar-refractivity contribution in [3.05, 3.63) is 28.8 Å². The molecule has 1 saturated heterocycles. The molecule has 0 bridgehead atoms. The van der Waals surface area contributed by atoms with Crippen LogP contribution < -0.4 is 4.74 Å². The van der Waals surface area contributed by atoms with Crippen molar-refractivity contribution in [2.45, 2.75) is 25.9 Å². The molecule has 1 aliphatic rings. The van der Waals surface area contributed by atoms with Crippen LogP contribution in [-0.2, 0) is 16.0 Å². The number of ketones is 1. The second-order valence-electron chi connectivity index (χ2n) is 5.26. The Morgan fingerprint density at radius 2 is 2.33 bits per heavy atom. The first-order chi connectivity index (χ1) is 10.1. The van der Waals surface area contributed by atoms with Crippen LogP contribution in [0.15, 0.2) is 18.2 Å². The van der Waals surface area contributed by atoms with Gasteiger partial charge in [-0.05, 0) is 31.2 Å². The molecule has 1 aromatic carbocycles. The maximum absolute atomic E-state index is 12.4. The Morgan fingerprint density at radius 1 is 1.52 bits per heavy atom. The maximum atomic E-state index is 12.4. The topological polar surface area (TPSA) is 38.8 Å². The van der Waals surface area contributed by atoms with Gasteiger partial charge in [-0.1, -0.05) is 18.5 Å². The fraction of sp³-hybridized carbons (Fsp3) is 0.562. The summed E-state index contributed by atoms with van der Waals surface area (Å²) in [5.74, 6) is 0.769. The third-order valence-electron chi connectivity index (χ3n) is 3.66. The number of benzene rings is 1. The number of Topliss-reactive ketones (excluding diaryl/α,β-unsaturated/α-hetero) is 1. The summed E-state index contributed by atoms with van der Waals surface area (Å²) in [7, 11) is 1.59. The van der Waals surface area contributed by atoms with E-state index in [9.17, 15) is 4.79 Å². The molecule has 0 saturated carbocycles. The second kappa shape index (κ2) is 7.78. The van der Waals surface area contributed by atoms with Crippen molar-refractivity contribution in [3.8, 4) is 5.75 Å². The van der Waals surface area contributed by atoms with E-state index in [1.165, 1.54) is 0 Å². The largest absolute Gasteiger partial charge is 0.496 e. The van der Waals surface area contributed by atoms with Gasteiger partial charge in [-0.25, -0.2) is 0 Å². The molecule has 0 radical (unpaired) electrons. The number of carbonyl (C=O) groups is 1. The Kier molecular flexibility index (Phi) is 6.03. The molecule has 21 heavy (non-hydrogen) atoms. The molecule has 0 aromatic heterocycles. The zero-order chi connectivity index (χ0) is 15.2. The Hall–Kier alpha value is -1.10. The quantitative estimate of drug-likeness (QED) is 0.809. The molecular weight excluding hydrogens is 290 g/mol. The molecule has 1 heterocycles. The molecule has 2 rings (SSSR count). The van der Waals surface area contributed by atoms with Crippen LogP contribution in [0.4, 0.5) is 0 Å². The number of halogens is 1. The minimum Gasteiger partial charge on any atom is -0.496 e. The highest BCUT2D eigenvalue weighted by Gasteiger charge is 2.26. The van der Waals surface area contributed by atoms with E-state index in [1.54, 1.807) is 25.3 Å². The van der Waals surface area contributed by atoms with Crippen LogP contribution in [0.2, 0.25) is 5.02 Å². The van der Waals surface area contributed by atoms with Gasteiger partial charge < -0.3 is 9.47 Å². The lowest BCUT2D eigenvalue weighted by molar-refractivity contribution is -0.135. The molecule has 1 unspecified atom stereocenters. The van der Waals surface area contributed by atoms with Gasteiger partial charge in [-0.15, -0.1) is 0 Å². The normalized spacial score (nSPS) is 19.5. The average Bonchev–Trinajstić information content (AvgIpc) is 2.48. The van der Waals surface area contributed by atoms with Gasteiger partial charge in [0, 0.05) is 30.1 Å². The standard InChI is InChI=1S/C16H22ClNO3/c1-3-6-18-7-8-21-16(11-18)14(19)10-12-9-13(17)4-5-15(12)20-2/h4-5,9,16H,3,6-8,10-11H2,1-2H3. The minimum absolute atomic E-state index is 0.0800. The van der Waals surface area contributed by atoms with E-state index in [-0.39, 0.29) is 18.3 Å². The molecule has 0 N–H and O–H groups in total. The highest BCUT2D eigenvalue weighted by Crippen LogP contribution is 2.24. The minimum atomic E-state index is -0.353. The Labute approximate surface area is 131 Å². The van der Waals surface area contributed by atoms with E-state index in [0.717, 1.165) is 25.1 Å². The van der Waals surface area contributed by atoms with Crippen molar-refractivity contribution in [1.29, 1.82) is 0 Å². The number of hydrogen-bond acceptors (Lipinski definition) is 4. The van der Waals surface area contributed by atoms with Gasteiger partial charge in [0.1, 0.15) is 11.9 Å². The van der Waals surface area contributed by atoms with Crippen molar-refractivity contribution in [2.24, 2.45) is 0 Å². The second-order valence-corrected chi connectivity index (χ2v) is 5.70. The summed E-state index contributed by atoms with van der Waals surface area (Å²) in [4.78, 5) is 14.7. The zero-order valence-electron chi connectivity index (χ0n) is 12.6. The monoisotopic (exact) mass is 311 g/mol. The van der Waals surface area contributed by atoms with Gasteiger partial charge in [0.15, 0.2) is 5.78 Å². The van der Waals surface area contributed by atoms with E-state index < -0.39 is 0 Å². The molecular formula is C16H22ClNO3. The molecule has 116 valence electrons. The Morgan fingerprint density at radius 3 is 3.05 bits per heavy atom. The van der Waals surface area contributed by atoms with Gasteiger partial charge in [0.05, 0.1) is 13.7 Å². The molecule has 5 heteroatoms. The van der Waals surface area contributed by atoms with Crippen LogP contribution in [0.1, 0.15) is 18.9 Å². The summed E-state index contributed by atoms with van der Waals surface area (Å²) < 4.78 is 10.9.